The summed E-state index contributed by atoms with van der Waals surface area (Å²) in [5, 5.41) is 11.8. The molecule has 1 unspecified atom stereocenters. The summed E-state index contributed by atoms with van der Waals surface area (Å²) in [4.78, 5) is 14.1. The van der Waals surface area contributed by atoms with Crippen LogP contribution >= 0.6 is 0 Å². The van der Waals surface area contributed by atoms with Gasteiger partial charge in [-0.2, -0.15) is 5.26 Å². The van der Waals surface area contributed by atoms with E-state index in [1.807, 2.05) is 37.3 Å². The van der Waals surface area contributed by atoms with Gasteiger partial charge in [0, 0.05) is 23.8 Å². The summed E-state index contributed by atoms with van der Waals surface area (Å²) in [5.41, 5.74) is 1.27. The van der Waals surface area contributed by atoms with Crippen LogP contribution in [-0.2, 0) is 4.79 Å². The molecule has 1 atom stereocenters. The van der Waals surface area contributed by atoms with E-state index >= 15 is 0 Å². The number of amides is 1. The molecular formula is C19H20FN3O. The van der Waals surface area contributed by atoms with Gasteiger partial charge in [-0.25, -0.2) is 4.39 Å². The number of carbonyl (C=O) groups excluding carboxylic acids is 1. The number of para-hydroxylation sites is 1. The average Bonchev–Trinajstić information content (AvgIpc) is 2.61. The molecule has 1 amide bonds. The zero-order valence-corrected chi connectivity index (χ0v) is 13.6. The van der Waals surface area contributed by atoms with E-state index in [4.69, 9.17) is 5.26 Å². The maximum Gasteiger partial charge on any atom is 0.240 e. The third-order valence-corrected chi connectivity index (χ3v) is 3.75. The lowest BCUT2D eigenvalue weighted by atomic mass is 10.1. The lowest BCUT2D eigenvalue weighted by Gasteiger charge is -2.23. The van der Waals surface area contributed by atoms with Crippen LogP contribution in [0.25, 0.3) is 0 Å². The second kappa shape index (κ2) is 8.80. The molecule has 24 heavy (non-hydrogen) atoms. The normalized spacial score (nSPS) is 11.5. The van der Waals surface area contributed by atoms with E-state index in [2.05, 4.69) is 11.4 Å². The topological polar surface area (TPSA) is 56.1 Å². The minimum absolute atomic E-state index is 0.0653. The van der Waals surface area contributed by atoms with Crippen LogP contribution in [0.4, 0.5) is 10.1 Å². The summed E-state index contributed by atoms with van der Waals surface area (Å²) >= 11 is 0. The number of nitriles is 1. The Bertz CT molecular complexity index is 712. The number of carbonyl (C=O) groups is 1. The molecule has 0 saturated carbocycles. The molecule has 1 N–H and O–H groups in total. The van der Waals surface area contributed by atoms with Crippen LogP contribution in [0.15, 0.2) is 54.6 Å². The Morgan fingerprint density at radius 2 is 1.88 bits per heavy atom. The van der Waals surface area contributed by atoms with E-state index in [0.29, 0.717) is 12.1 Å². The number of anilines is 1. The molecule has 0 aromatic heterocycles. The van der Waals surface area contributed by atoms with E-state index in [1.165, 1.54) is 6.07 Å². The molecule has 5 heteroatoms. The minimum Gasteiger partial charge on any atom is -0.310 e. The molecule has 2 rings (SSSR count). The monoisotopic (exact) mass is 325 g/mol. The van der Waals surface area contributed by atoms with Gasteiger partial charge in [0.25, 0.3) is 0 Å². The van der Waals surface area contributed by atoms with Crippen LogP contribution in [0.2, 0.25) is 0 Å². The van der Waals surface area contributed by atoms with Crippen molar-refractivity contribution in [1.82, 2.24) is 5.32 Å². The lowest BCUT2D eigenvalue weighted by molar-refractivity contribution is -0.117. The summed E-state index contributed by atoms with van der Waals surface area (Å²) < 4.78 is 13.8. The maximum absolute atomic E-state index is 13.8. The SMILES string of the molecule is CC(NCC(=O)N(CCC#N)c1ccccc1)c1ccccc1F. The first kappa shape index (κ1) is 17.6. The van der Waals surface area contributed by atoms with Crippen molar-refractivity contribution in [3.05, 3.63) is 66.0 Å². The van der Waals surface area contributed by atoms with Gasteiger partial charge < -0.3 is 10.2 Å². The van der Waals surface area contributed by atoms with Crippen molar-refractivity contribution in [2.24, 2.45) is 0 Å². The molecule has 2 aromatic carbocycles. The van der Waals surface area contributed by atoms with Gasteiger partial charge in [-0.15, -0.1) is 0 Å². The number of hydrogen-bond acceptors (Lipinski definition) is 3. The van der Waals surface area contributed by atoms with E-state index in [9.17, 15) is 9.18 Å². The first-order valence-electron chi connectivity index (χ1n) is 7.83. The molecular weight excluding hydrogens is 305 g/mol. The second-order valence-electron chi connectivity index (χ2n) is 5.41. The van der Waals surface area contributed by atoms with Gasteiger partial charge >= 0.3 is 0 Å². The summed E-state index contributed by atoms with van der Waals surface area (Å²) in [6.45, 7) is 2.21. The number of benzene rings is 2. The summed E-state index contributed by atoms with van der Waals surface area (Å²) in [5.74, 6) is -0.450. The zero-order chi connectivity index (χ0) is 17.4. The number of nitrogens with zero attached hydrogens (tertiary/aromatic N) is 2. The molecule has 0 radical (unpaired) electrons. The standard InChI is InChI=1S/C19H20FN3O/c1-15(17-10-5-6-11-18(17)20)22-14-19(24)23(13-7-12-21)16-8-3-2-4-9-16/h2-6,8-11,15,22H,7,13-14H2,1H3. The Kier molecular flexibility index (Phi) is 6.47. The first-order chi connectivity index (χ1) is 11.6. The lowest BCUT2D eigenvalue weighted by Crippen LogP contribution is -2.39. The predicted octanol–water partition coefficient (Wildman–Crippen LogP) is 3.42. The zero-order valence-electron chi connectivity index (χ0n) is 13.6. The van der Waals surface area contributed by atoms with E-state index in [1.54, 1.807) is 23.1 Å². The highest BCUT2D eigenvalue weighted by Gasteiger charge is 2.17. The Balaban J connectivity index is 2.03. The third-order valence-electron chi connectivity index (χ3n) is 3.75. The van der Waals surface area contributed by atoms with Gasteiger partial charge in [0.05, 0.1) is 19.0 Å². The van der Waals surface area contributed by atoms with E-state index < -0.39 is 0 Å². The molecule has 0 spiro atoms. The number of halogens is 1. The van der Waals surface area contributed by atoms with Gasteiger partial charge in [-0.1, -0.05) is 36.4 Å². The van der Waals surface area contributed by atoms with Crippen LogP contribution in [-0.4, -0.2) is 19.0 Å². The molecule has 2 aromatic rings. The number of rotatable bonds is 7. The van der Waals surface area contributed by atoms with Gasteiger partial charge in [0.1, 0.15) is 5.82 Å². The van der Waals surface area contributed by atoms with Crippen LogP contribution in [0.5, 0.6) is 0 Å². The van der Waals surface area contributed by atoms with Crippen molar-refractivity contribution in [3.63, 3.8) is 0 Å². The average molecular weight is 325 g/mol. The quantitative estimate of drug-likeness (QED) is 0.848. The smallest absolute Gasteiger partial charge is 0.240 e. The van der Waals surface area contributed by atoms with Crippen molar-refractivity contribution < 1.29 is 9.18 Å². The van der Waals surface area contributed by atoms with Gasteiger partial charge in [0.2, 0.25) is 5.91 Å². The van der Waals surface area contributed by atoms with Gasteiger partial charge in [-0.05, 0) is 25.1 Å². The third kappa shape index (κ3) is 4.64. The number of hydrogen-bond donors (Lipinski definition) is 1. The van der Waals surface area contributed by atoms with Crippen molar-refractivity contribution in [1.29, 1.82) is 5.26 Å². The van der Waals surface area contributed by atoms with Crippen molar-refractivity contribution in [2.45, 2.75) is 19.4 Å². The minimum atomic E-state index is -0.297. The van der Waals surface area contributed by atoms with Crippen molar-refractivity contribution >= 4 is 11.6 Å². The fraction of sp³-hybridized carbons (Fsp3) is 0.263. The highest BCUT2D eigenvalue weighted by molar-refractivity contribution is 5.94. The summed E-state index contributed by atoms with van der Waals surface area (Å²) in [7, 11) is 0. The van der Waals surface area contributed by atoms with E-state index in [0.717, 1.165) is 5.69 Å². The molecule has 0 fully saturated rings. The molecule has 124 valence electrons. The van der Waals surface area contributed by atoms with Crippen molar-refractivity contribution in [2.75, 3.05) is 18.0 Å². The molecule has 0 aliphatic carbocycles. The predicted molar refractivity (Wildman–Crippen MR) is 91.8 cm³/mol. The van der Waals surface area contributed by atoms with E-state index in [-0.39, 0.29) is 30.7 Å². The Labute approximate surface area is 141 Å². The molecule has 0 heterocycles. The molecule has 0 bridgehead atoms. The second-order valence-corrected chi connectivity index (χ2v) is 5.41. The Morgan fingerprint density at radius 3 is 2.54 bits per heavy atom. The summed E-state index contributed by atoms with van der Waals surface area (Å²) in [6.07, 6.45) is 0.253. The Morgan fingerprint density at radius 1 is 1.21 bits per heavy atom. The largest absolute Gasteiger partial charge is 0.310 e. The highest BCUT2D eigenvalue weighted by atomic mass is 19.1. The fourth-order valence-electron chi connectivity index (χ4n) is 2.44. The first-order valence-corrected chi connectivity index (χ1v) is 7.83. The highest BCUT2D eigenvalue weighted by Crippen LogP contribution is 2.17. The molecule has 4 nitrogen and oxygen atoms in total. The Hall–Kier alpha value is -2.71. The van der Waals surface area contributed by atoms with Crippen LogP contribution in [0.3, 0.4) is 0 Å². The van der Waals surface area contributed by atoms with Crippen LogP contribution < -0.4 is 10.2 Å². The van der Waals surface area contributed by atoms with Crippen LogP contribution in [0, 0.1) is 17.1 Å². The number of nitrogens with one attached hydrogen (secondary N) is 1. The summed E-state index contributed by atoms with van der Waals surface area (Å²) in [6, 6.07) is 17.5. The molecule has 0 aliphatic heterocycles. The van der Waals surface area contributed by atoms with Gasteiger partial charge in [0.15, 0.2) is 0 Å². The molecule has 0 aliphatic rings. The molecule has 0 saturated heterocycles. The fourth-order valence-corrected chi connectivity index (χ4v) is 2.44. The van der Waals surface area contributed by atoms with Gasteiger partial charge in [-0.3, -0.25) is 4.79 Å². The van der Waals surface area contributed by atoms with Crippen LogP contribution in [0.1, 0.15) is 24.9 Å². The van der Waals surface area contributed by atoms with Crippen molar-refractivity contribution in [3.8, 4) is 6.07 Å². The maximum atomic E-state index is 13.8.